The van der Waals surface area contributed by atoms with Crippen LogP contribution in [0.5, 0.6) is 0 Å². The number of unbranched alkanes of at least 4 members (excludes halogenated alkanes) is 1. The standard InChI is InChI=1S/C59H79N5O12/c1-35(2)50(55(71)73-12)63-53(69)45(29-30-48(67)76-59(10,11)38-22-14-13-15-23-38)62-54(70)51(37(4)75-57(5,6)7)64-52(68)44(61-36(3)49-46(65)32-58(8,9)33-47(49)66)28-20-21-31-60-56(72)74-34-43-41-26-18-16-24-39(41)40-25-17-19-27-42(40)43/h13-19,22-27,35,37,43-45,50-51,65H,20-21,28-34H2,1-12H3,(H,60,72)(H,62,70)(H,63,69)(H,64,68)/t37-,44+,45+,50+,51?/m1/s1. The number of allylic oxidation sites excluding steroid dienone is 2. The highest BCUT2D eigenvalue weighted by Crippen LogP contribution is 2.44. The molecule has 17 heteroatoms. The van der Waals surface area contributed by atoms with E-state index in [2.05, 4.69) is 33.4 Å². The van der Waals surface area contributed by atoms with Gasteiger partial charge in [0.25, 0.3) is 0 Å². The van der Waals surface area contributed by atoms with Crippen molar-refractivity contribution in [2.75, 3.05) is 20.3 Å². The molecule has 76 heavy (non-hydrogen) atoms. The number of amides is 4. The van der Waals surface area contributed by atoms with E-state index in [-0.39, 0.29) is 74.0 Å². The number of carbonyl (C=O) groups is 7. The zero-order chi connectivity index (χ0) is 56.1. The highest BCUT2D eigenvalue weighted by molar-refractivity contribution is 6.22. The summed E-state index contributed by atoms with van der Waals surface area (Å²) in [4.78, 5) is 101. The Morgan fingerprint density at radius 2 is 1.36 bits per heavy atom. The number of aliphatic hydroxyl groups is 1. The van der Waals surface area contributed by atoms with Crippen LogP contribution in [0.1, 0.15) is 144 Å². The number of ether oxygens (including phenoxy) is 4. The summed E-state index contributed by atoms with van der Waals surface area (Å²) in [5.41, 5.74) is 2.94. The van der Waals surface area contributed by atoms with Crippen LogP contribution in [-0.4, -0.2) is 108 Å². The maximum Gasteiger partial charge on any atom is 0.407 e. The molecule has 3 aromatic rings. The number of hydrogen-bond acceptors (Lipinski definition) is 13. The second kappa shape index (κ2) is 26.3. The molecule has 1 unspecified atom stereocenters. The van der Waals surface area contributed by atoms with E-state index < -0.39 is 88.6 Å². The number of Topliss-reactive ketones (excluding diaryl/α,β-unsaturated/α-hetero) is 1. The first-order valence-electron chi connectivity index (χ1n) is 26.2. The minimum atomic E-state index is -1.47. The van der Waals surface area contributed by atoms with Crippen molar-refractivity contribution in [3.63, 3.8) is 0 Å². The molecule has 0 radical (unpaired) electrons. The maximum atomic E-state index is 14.7. The summed E-state index contributed by atoms with van der Waals surface area (Å²) in [5.74, 6) is -4.74. The lowest BCUT2D eigenvalue weighted by atomic mass is 9.75. The van der Waals surface area contributed by atoms with Crippen molar-refractivity contribution in [2.24, 2.45) is 16.3 Å². The van der Waals surface area contributed by atoms with E-state index in [1.807, 2.05) is 80.6 Å². The number of aliphatic imine (C=N–C) groups is 1. The molecule has 17 nitrogen and oxygen atoms in total. The van der Waals surface area contributed by atoms with E-state index in [9.17, 15) is 38.7 Å². The van der Waals surface area contributed by atoms with Crippen molar-refractivity contribution in [2.45, 2.75) is 168 Å². The molecule has 5 rings (SSSR count). The number of aliphatic hydroxyl groups excluding tert-OH is 1. The zero-order valence-electron chi connectivity index (χ0n) is 46.3. The van der Waals surface area contributed by atoms with Gasteiger partial charge < -0.3 is 45.3 Å². The van der Waals surface area contributed by atoms with Crippen LogP contribution < -0.4 is 21.3 Å². The molecule has 0 bridgehead atoms. The number of nitrogens with one attached hydrogen (secondary N) is 4. The molecule has 2 aliphatic rings. The van der Waals surface area contributed by atoms with Crippen LogP contribution in [-0.2, 0) is 53.3 Å². The third-order valence-electron chi connectivity index (χ3n) is 13.5. The first-order chi connectivity index (χ1) is 35.7. The smallest absolute Gasteiger partial charge is 0.407 e. The molecule has 2 aliphatic carbocycles. The molecule has 0 aliphatic heterocycles. The van der Waals surface area contributed by atoms with E-state index in [4.69, 9.17) is 23.9 Å². The molecule has 412 valence electrons. The molecule has 0 saturated heterocycles. The fraction of sp³-hybridized carbons (Fsp3) is 0.525. The zero-order valence-corrected chi connectivity index (χ0v) is 46.3. The summed E-state index contributed by atoms with van der Waals surface area (Å²) in [5, 5.41) is 22.1. The number of ketones is 1. The van der Waals surface area contributed by atoms with E-state index in [1.165, 1.54) is 7.11 Å². The molecule has 0 heterocycles. The number of benzene rings is 3. The lowest BCUT2D eigenvalue weighted by molar-refractivity contribution is -0.158. The van der Waals surface area contributed by atoms with Gasteiger partial charge in [-0.25, -0.2) is 9.59 Å². The first-order valence-corrected chi connectivity index (χ1v) is 26.2. The van der Waals surface area contributed by atoms with Gasteiger partial charge in [-0.3, -0.25) is 29.0 Å². The Labute approximate surface area is 447 Å². The lowest BCUT2D eigenvalue weighted by Crippen LogP contribution is -2.60. The van der Waals surface area contributed by atoms with E-state index in [0.717, 1.165) is 27.8 Å². The lowest BCUT2D eigenvalue weighted by Gasteiger charge is -2.32. The molecule has 4 amide bonds. The van der Waals surface area contributed by atoms with E-state index in [0.29, 0.717) is 12.8 Å². The number of hydrogen-bond donors (Lipinski definition) is 5. The number of rotatable bonds is 24. The Hall–Kier alpha value is -6.88. The molecular formula is C59H79N5O12. The predicted octanol–water partition coefficient (Wildman–Crippen LogP) is 8.47. The Balaban J connectivity index is 1.35. The molecule has 0 spiro atoms. The summed E-state index contributed by atoms with van der Waals surface area (Å²) in [7, 11) is 1.19. The van der Waals surface area contributed by atoms with Gasteiger partial charge in [0, 0.05) is 37.4 Å². The average Bonchev–Trinajstić information content (AvgIpc) is 3.66. The number of esters is 2. The molecule has 0 saturated carbocycles. The second-order valence-electron chi connectivity index (χ2n) is 22.4. The molecule has 0 fully saturated rings. The van der Waals surface area contributed by atoms with Gasteiger partial charge in [0.2, 0.25) is 17.7 Å². The van der Waals surface area contributed by atoms with Gasteiger partial charge in [0.05, 0.1) is 24.4 Å². The minimum absolute atomic E-state index is 0.0268. The molecule has 5 atom stereocenters. The average molecular weight is 1050 g/mol. The maximum absolute atomic E-state index is 14.7. The summed E-state index contributed by atoms with van der Waals surface area (Å²) in [6, 6.07) is 20.0. The molecular weight excluding hydrogens is 971 g/mol. The van der Waals surface area contributed by atoms with Crippen molar-refractivity contribution < 1.29 is 57.6 Å². The Kier molecular flexibility index (Phi) is 20.7. The van der Waals surface area contributed by atoms with Crippen LogP contribution in [0.4, 0.5) is 4.79 Å². The van der Waals surface area contributed by atoms with Gasteiger partial charge in [-0.1, -0.05) is 107 Å². The van der Waals surface area contributed by atoms with Crippen LogP contribution in [0.3, 0.4) is 0 Å². The van der Waals surface area contributed by atoms with Gasteiger partial charge >= 0.3 is 18.0 Å². The van der Waals surface area contributed by atoms with Gasteiger partial charge in [-0.15, -0.1) is 0 Å². The molecule has 5 N–H and O–H groups in total. The van der Waals surface area contributed by atoms with Gasteiger partial charge in [-0.05, 0) is 113 Å². The number of fused-ring (bicyclic) bond motifs is 3. The van der Waals surface area contributed by atoms with Crippen molar-refractivity contribution >= 4 is 47.2 Å². The molecule has 0 aromatic heterocycles. The van der Waals surface area contributed by atoms with Crippen molar-refractivity contribution in [1.29, 1.82) is 0 Å². The van der Waals surface area contributed by atoms with E-state index in [1.54, 1.807) is 62.3 Å². The number of nitrogens with zero attached hydrogens (tertiary/aromatic N) is 1. The topological polar surface area (TPSA) is 237 Å². The van der Waals surface area contributed by atoms with Gasteiger partial charge in [0.15, 0.2) is 5.78 Å². The first kappa shape index (κ1) is 60.0. The highest BCUT2D eigenvalue weighted by atomic mass is 16.6. The fourth-order valence-corrected chi connectivity index (χ4v) is 9.73. The quantitative estimate of drug-likeness (QED) is 0.0246. The minimum Gasteiger partial charge on any atom is -0.511 e. The second-order valence-corrected chi connectivity index (χ2v) is 22.4. The van der Waals surface area contributed by atoms with Crippen molar-refractivity contribution in [3.8, 4) is 11.1 Å². The van der Waals surface area contributed by atoms with Gasteiger partial charge in [-0.2, -0.15) is 0 Å². The number of methoxy groups -OCH3 is 1. The Morgan fingerprint density at radius 1 is 0.763 bits per heavy atom. The summed E-state index contributed by atoms with van der Waals surface area (Å²) >= 11 is 0. The fourth-order valence-electron chi connectivity index (χ4n) is 9.73. The summed E-state index contributed by atoms with van der Waals surface area (Å²) in [6.45, 7) is 19.4. The van der Waals surface area contributed by atoms with Crippen LogP contribution in [0.25, 0.3) is 11.1 Å². The Bertz CT molecular complexity index is 2590. The third kappa shape index (κ3) is 16.6. The van der Waals surface area contributed by atoms with Crippen LogP contribution in [0.2, 0.25) is 0 Å². The monoisotopic (exact) mass is 1050 g/mol. The Morgan fingerprint density at radius 3 is 1.93 bits per heavy atom. The highest BCUT2D eigenvalue weighted by Gasteiger charge is 2.39. The van der Waals surface area contributed by atoms with Gasteiger partial charge in [0.1, 0.15) is 42.1 Å². The van der Waals surface area contributed by atoms with Crippen molar-refractivity contribution in [1.82, 2.24) is 21.3 Å². The summed E-state index contributed by atoms with van der Waals surface area (Å²) in [6.07, 6.45) is -1.02. The van der Waals surface area contributed by atoms with E-state index >= 15 is 0 Å². The largest absolute Gasteiger partial charge is 0.511 e. The van der Waals surface area contributed by atoms with Crippen LogP contribution >= 0.6 is 0 Å². The number of carbonyl (C=O) groups excluding carboxylic acids is 7. The normalized spacial score (nSPS) is 16.5. The SMILES string of the molecule is COC(=O)[C@@H](NC(=O)[C@H](CCC(=O)OC(C)(C)c1ccccc1)NC(=O)C(NC(=O)[C@H](CCCCNC(=O)OCC1c2ccccc2-c2ccccc21)N=C(C)C1=C(O)CC(C)(C)CC1=O)[C@@H](C)OC(C)(C)C)C(C)C. The van der Waals surface area contributed by atoms with Crippen LogP contribution in [0.15, 0.2) is 95.2 Å². The third-order valence-corrected chi connectivity index (χ3v) is 13.5. The predicted molar refractivity (Wildman–Crippen MR) is 289 cm³/mol. The van der Waals surface area contributed by atoms with Crippen LogP contribution in [0, 0.1) is 11.3 Å². The number of alkyl carbamates (subject to hydrolysis) is 1. The summed E-state index contributed by atoms with van der Waals surface area (Å²) < 4.78 is 22.8. The van der Waals surface area contributed by atoms with Crippen molar-refractivity contribution in [3.05, 3.63) is 107 Å². The molecule has 3 aromatic carbocycles.